The summed E-state index contributed by atoms with van der Waals surface area (Å²) in [5.41, 5.74) is 5.41. The van der Waals surface area contributed by atoms with Crippen molar-refractivity contribution in [3.63, 3.8) is 0 Å². The smallest absolute Gasteiger partial charge is 0.277 e. The number of hydrogen-bond acceptors (Lipinski definition) is 4. The molecule has 0 aromatic heterocycles. The van der Waals surface area contributed by atoms with Crippen LogP contribution in [0, 0.1) is 6.92 Å². The molecule has 0 unspecified atom stereocenters. The monoisotopic (exact) mass is 411 g/mol. The Morgan fingerprint density at radius 3 is 2.50 bits per heavy atom. The van der Waals surface area contributed by atoms with Gasteiger partial charge in [-0.2, -0.15) is 0 Å². The molecule has 0 saturated heterocycles. The standard InChI is InChI=1S/C16H23F2N3O3S.ClH/c1-11-6-7-12(15(22)20-10-16(17,18)9-19)8-14(11)25(23,24)21-13-4-2-3-5-13;/h6-8,13,21H,2-5,9-10,19H2,1H3,(H,20,22);1H. The topological polar surface area (TPSA) is 101 Å². The molecule has 0 spiro atoms. The first-order chi connectivity index (χ1) is 11.6. The van der Waals surface area contributed by atoms with Crippen molar-refractivity contribution in [3.8, 4) is 0 Å². The van der Waals surface area contributed by atoms with E-state index in [1.807, 2.05) is 0 Å². The van der Waals surface area contributed by atoms with E-state index < -0.39 is 34.9 Å². The van der Waals surface area contributed by atoms with Gasteiger partial charge in [0.15, 0.2) is 0 Å². The molecule has 0 radical (unpaired) electrons. The van der Waals surface area contributed by atoms with Gasteiger partial charge in [-0.15, -0.1) is 12.4 Å². The highest BCUT2D eigenvalue weighted by Gasteiger charge is 2.28. The highest BCUT2D eigenvalue weighted by molar-refractivity contribution is 7.89. The molecular formula is C16H24ClF2N3O3S. The fourth-order valence-electron chi connectivity index (χ4n) is 2.74. The van der Waals surface area contributed by atoms with E-state index in [9.17, 15) is 22.0 Å². The van der Waals surface area contributed by atoms with E-state index in [1.54, 1.807) is 6.92 Å². The summed E-state index contributed by atoms with van der Waals surface area (Å²) in [6.45, 7) is -0.168. The number of carbonyl (C=O) groups excluding carboxylic acids is 1. The van der Waals surface area contributed by atoms with Gasteiger partial charge in [-0.25, -0.2) is 21.9 Å². The van der Waals surface area contributed by atoms with Crippen LogP contribution in [0.25, 0.3) is 0 Å². The molecule has 6 nitrogen and oxygen atoms in total. The van der Waals surface area contributed by atoms with Crippen LogP contribution in [0.4, 0.5) is 8.78 Å². The summed E-state index contributed by atoms with van der Waals surface area (Å²) >= 11 is 0. The van der Waals surface area contributed by atoms with Gasteiger partial charge in [0.1, 0.15) is 0 Å². The molecule has 1 aromatic rings. The lowest BCUT2D eigenvalue weighted by molar-refractivity contribution is 0.0118. The first-order valence-electron chi connectivity index (χ1n) is 8.14. The van der Waals surface area contributed by atoms with Gasteiger partial charge in [0, 0.05) is 11.6 Å². The zero-order valence-electron chi connectivity index (χ0n) is 14.4. The van der Waals surface area contributed by atoms with Gasteiger partial charge < -0.3 is 11.1 Å². The Morgan fingerprint density at radius 2 is 1.92 bits per heavy atom. The fourth-order valence-corrected chi connectivity index (χ4v) is 4.32. The van der Waals surface area contributed by atoms with E-state index in [2.05, 4.69) is 10.0 Å². The third-order valence-electron chi connectivity index (χ3n) is 4.22. The number of nitrogens with two attached hydrogens (primary N) is 1. The maximum Gasteiger partial charge on any atom is 0.277 e. The summed E-state index contributed by atoms with van der Waals surface area (Å²) in [5.74, 6) is -3.98. The summed E-state index contributed by atoms with van der Waals surface area (Å²) in [5, 5.41) is 2.08. The van der Waals surface area contributed by atoms with Crippen LogP contribution in [0.15, 0.2) is 23.1 Å². The quantitative estimate of drug-likeness (QED) is 0.638. The Bertz CT molecular complexity index is 738. The Morgan fingerprint density at radius 1 is 1.31 bits per heavy atom. The number of nitrogens with one attached hydrogen (secondary N) is 2. The number of aryl methyl sites for hydroxylation is 1. The van der Waals surface area contributed by atoms with Crippen molar-refractivity contribution in [2.45, 2.75) is 49.5 Å². The van der Waals surface area contributed by atoms with E-state index >= 15 is 0 Å². The molecule has 10 heteroatoms. The van der Waals surface area contributed by atoms with Crippen molar-refractivity contribution in [1.29, 1.82) is 0 Å². The lowest BCUT2D eigenvalue weighted by Crippen LogP contribution is -2.41. The zero-order valence-corrected chi connectivity index (χ0v) is 16.1. The molecule has 1 fully saturated rings. The number of rotatable bonds is 7. The van der Waals surface area contributed by atoms with Crippen LogP contribution in [0.1, 0.15) is 41.6 Å². The van der Waals surface area contributed by atoms with E-state index in [4.69, 9.17) is 5.73 Å². The van der Waals surface area contributed by atoms with Crippen LogP contribution in [-0.2, 0) is 10.0 Å². The summed E-state index contributed by atoms with van der Waals surface area (Å²) in [6.07, 6.45) is 3.52. The number of halogens is 3. The van der Waals surface area contributed by atoms with Crippen molar-refractivity contribution < 1.29 is 22.0 Å². The number of amides is 1. The maximum absolute atomic E-state index is 13.1. The van der Waals surface area contributed by atoms with Crippen LogP contribution in [0.3, 0.4) is 0 Å². The summed E-state index contributed by atoms with van der Waals surface area (Å²) in [7, 11) is -3.78. The Kier molecular flexibility index (Phi) is 7.94. The van der Waals surface area contributed by atoms with Gasteiger partial charge in [-0.1, -0.05) is 18.9 Å². The SMILES string of the molecule is Cc1ccc(C(=O)NCC(F)(F)CN)cc1S(=O)(=O)NC1CCCC1.Cl. The first kappa shape index (κ1) is 22.8. The van der Waals surface area contributed by atoms with Crippen LogP contribution < -0.4 is 15.8 Å². The number of alkyl halides is 2. The van der Waals surface area contributed by atoms with Gasteiger partial charge in [-0.05, 0) is 37.5 Å². The molecule has 1 amide bonds. The minimum Gasteiger partial charge on any atom is -0.346 e. The van der Waals surface area contributed by atoms with Crippen molar-refractivity contribution in [2.24, 2.45) is 5.73 Å². The molecule has 26 heavy (non-hydrogen) atoms. The number of carbonyl (C=O) groups is 1. The first-order valence-corrected chi connectivity index (χ1v) is 9.62. The molecule has 148 valence electrons. The summed E-state index contributed by atoms with van der Waals surface area (Å²) in [6, 6.07) is 3.99. The second kappa shape index (κ2) is 9.07. The van der Waals surface area contributed by atoms with Crippen molar-refractivity contribution in [3.05, 3.63) is 29.3 Å². The average molecular weight is 412 g/mol. The second-order valence-electron chi connectivity index (χ2n) is 6.33. The van der Waals surface area contributed by atoms with Crippen LogP contribution >= 0.6 is 12.4 Å². The van der Waals surface area contributed by atoms with Gasteiger partial charge in [0.25, 0.3) is 11.8 Å². The Hall–Kier alpha value is -1.29. The third kappa shape index (κ3) is 5.87. The molecule has 0 heterocycles. The highest BCUT2D eigenvalue weighted by atomic mass is 35.5. The van der Waals surface area contributed by atoms with Gasteiger partial charge >= 0.3 is 0 Å². The van der Waals surface area contributed by atoms with E-state index in [1.165, 1.54) is 18.2 Å². The third-order valence-corrected chi connectivity index (χ3v) is 5.89. The molecule has 1 aliphatic rings. The summed E-state index contributed by atoms with van der Waals surface area (Å²) in [4.78, 5) is 12.0. The molecule has 1 saturated carbocycles. The maximum atomic E-state index is 13.1. The highest BCUT2D eigenvalue weighted by Crippen LogP contribution is 2.22. The van der Waals surface area contributed by atoms with E-state index in [-0.39, 0.29) is 28.9 Å². The minimum absolute atomic E-state index is 0. The minimum atomic E-state index is -3.78. The lowest BCUT2D eigenvalue weighted by Gasteiger charge is -2.16. The predicted octanol–water partition coefficient (Wildman–Crippen LogP) is 1.96. The molecule has 0 bridgehead atoms. The molecule has 2 rings (SSSR count). The van der Waals surface area contributed by atoms with Crippen LogP contribution in [0.5, 0.6) is 0 Å². The van der Waals surface area contributed by atoms with Crippen molar-refractivity contribution in [1.82, 2.24) is 10.0 Å². The molecule has 1 aromatic carbocycles. The van der Waals surface area contributed by atoms with Gasteiger partial charge in [0.2, 0.25) is 10.0 Å². The van der Waals surface area contributed by atoms with Crippen molar-refractivity contribution in [2.75, 3.05) is 13.1 Å². The largest absolute Gasteiger partial charge is 0.346 e. The second-order valence-corrected chi connectivity index (χ2v) is 8.01. The molecule has 4 N–H and O–H groups in total. The normalized spacial score (nSPS) is 15.5. The zero-order chi connectivity index (χ0) is 18.7. The Balaban J connectivity index is 0.00000338. The fraction of sp³-hybridized carbons (Fsp3) is 0.562. The molecular weight excluding hydrogens is 388 g/mol. The average Bonchev–Trinajstić information content (AvgIpc) is 3.05. The van der Waals surface area contributed by atoms with E-state index in [0.29, 0.717) is 5.56 Å². The molecule has 0 aliphatic heterocycles. The summed E-state index contributed by atoms with van der Waals surface area (Å²) < 4.78 is 54.1. The van der Waals surface area contributed by atoms with E-state index in [0.717, 1.165) is 25.7 Å². The van der Waals surface area contributed by atoms with Gasteiger partial charge in [0.05, 0.1) is 18.0 Å². The van der Waals surface area contributed by atoms with Crippen LogP contribution in [0.2, 0.25) is 0 Å². The number of hydrogen-bond donors (Lipinski definition) is 3. The van der Waals surface area contributed by atoms with Crippen LogP contribution in [-0.4, -0.2) is 39.4 Å². The Labute approximate surface area is 158 Å². The lowest BCUT2D eigenvalue weighted by atomic mass is 10.1. The molecule has 1 aliphatic carbocycles. The predicted molar refractivity (Wildman–Crippen MR) is 97.3 cm³/mol. The number of sulfonamides is 1. The molecule has 0 atom stereocenters. The number of benzene rings is 1. The van der Waals surface area contributed by atoms with Gasteiger partial charge in [-0.3, -0.25) is 4.79 Å². The van der Waals surface area contributed by atoms with Crippen molar-refractivity contribution >= 4 is 28.3 Å².